The molecule has 4 nitrogen and oxygen atoms in total. The lowest BCUT2D eigenvalue weighted by Crippen LogP contribution is -2.55. The summed E-state index contributed by atoms with van der Waals surface area (Å²) in [5.74, 6) is 1.61. The Morgan fingerprint density at radius 1 is 0.586 bits per heavy atom. The van der Waals surface area contributed by atoms with Crippen LogP contribution in [0.15, 0.2) is 48.5 Å². The molecule has 0 aliphatic carbocycles. The van der Waals surface area contributed by atoms with Crippen molar-refractivity contribution in [3.8, 4) is 11.5 Å². The maximum Gasteiger partial charge on any atom is 0.119 e. The minimum Gasteiger partial charge on any atom is -0.508 e. The van der Waals surface area contributed by atoms with E-state index in [0.717, 1.165) is 11.1 Å². The Bertz CT molecular complexity index is 635. The normalized spacial score (nSPS) is 19.5. The molecule has 2 aromatic carbocycles. The van der Waals surface area contributed by atoms with E-state index < -0.39 is 0 Å². The van der Waals surface area contributed by atoms with E-state index in [-0.39, 0.29) is 7.43 Å². The zero-order valence-corrected chi connectivity index (χ0v) is 17.8. The molecule has 0 aromatic heterocycles. The molecule has 29 heavy (non-hydrogen) atoms. The molecule has 2 aromatic rings. The van der Waals surface area contributed by atoms with Crippen LogP contribution in [0.4, 0.5) is 0 Å². The summed E-state index contributed by atoms with van der Waals surface area (Å²) in [4.78, 5) is 5.08. The van der Waals surface area contributed by atoms with Gasteiger partial charge in [-0.1, -0.05) is 71.5 Å². The molecule has 4 heteroatoms. The summed E-state index contributed by atoms with van der Waals surface area (Å²) in [7, 11) is 0. The third kappa shape index (κ3) is 8.08. The second-order valence-electron chi connectivity index (χ2n) is 8.11. The van der Waals surface area contributed by atoms with Crippen LogP contribution in [0.1, 0.15) is 58.1 Å². The smallest absolute Gasteiger partial charge is 0.119 e. The number of piperazine rings is 3. The number of hydrogen-bond donors (Lipinski definition) is 2. The first-order chi connectivity index (χ1) is 13.4. The van der Waals surface area contributed by atoms with Crippen LogP contribution in [-0.2, 0) is 0 Å². The van der Waals surface area contributed by atoms with Gasteiger partial charge in [0, 0.05) is 39.3 Å². The Kier molecular flexibility index (Phi) is 10.8. The topological polar surface area (TPSA) is 46.9 Å². The fraction of sp³-hybridized carbons (Fsp3) is 0.520. The SMILES string of the molecule is C.C1CN2CCN1CC2.CC(C)c1ccccc1O.CC(C)c1ccccc1O. The Labute approximate surface area is 177 Å². The van der Waals surface area contributed by atoms with Crippen LogP contribution in [0, 0.1) is 0 Å². The van der Waals surface area contributed by atoms with Gasteiger partial charge in [0.05, 0.1) is 0 Å². The van der Waals surface area contributed by atoms with Crippen LogP contribution >= 0.6 is 0 Å². The van der Waals surface area contributed by atoms with Gasteiger partial charge >= 0.3 is 0 Å². The molecule has 5 rings (SSSR count). The molecule has 3 aliphatic rings. The third-order valence-electron chi connectivity index (χ3n) is 5.31. The van der Waals surface area contributed by atoms with E-state index in [4.69, 9.17) is 0 Å². The Balaban J connectivity index is 0.000000215. The van der Waals surface area contributed by atoms with Crippen molar-refractivity contribution in [3.05, 3.63) is 59.7 Å². The number of rotatable bonds is 2. The molecular weight excluding hydrogens is 360 g/mol. The van der Waals surface area contributed by atoms with Gasteiger partial charge < -0.3 is 10.2 Å². The molecule has 0 atom stereocenters. The van der Waals surface area contributed by atoms with E-state index in [1.165, 1.54) is 39.3 Å². The van der Waals surface area contributed by atoms with Crippen molar-refractivity contribution in [1.29, 1.82) is 0 Å². The van der Waals surface area contributed by atoms with Gasteiger partial charge in [-0.2, -0.15) is 0 Å². The summed E-state index contributed by atoms with van der Waals surface area (Å²) >= 11 is 0. The Morgan fingerprint density at radius 2 is 0.862 bits per heavy atom. The molecule has 0 radical (unpaired) electrons. The molecular formula is C25H40N2O2. The van der Waals surface area contributed by atoms with E-state index in [1.54, 1.807) is 12.1 Å². The number of fused-ring (bicyclic) bond motifs is 3. The lowest BCUT2D eigenvalue weighted by molar-refractivity contribution is 0.0647. The van der Waals surface area contributed by atoms with Crippen LogP contribution in [0.3, 0.4) is 0 Å². The molecule has 0 unspecified atom stereocenters. The number of aromatic hydroxyl groups is 2. The lowest BCUT2D eigenvalue weighted by Gasteiger charge is -2.41. The molecule has 3 aliphatic heterocycles. The number of nitrogens with zero attached hydrogens (tertiary/aromatic N) is 2. The minimum atomic E-state index is 0. The Hall–Kier alpha value is -2.04. The van der Waals surface area contributed by atoms with Gasteiger partial charge in [0.25, 0.3) is 0 Å². The standard InChI is InChI=1S/2C9H12O.C6H12N2.CH4/c2*1-7(2)8-5-3-4-6-9(8)10;1-2-8-5-3-7(1)4-6-8;/h2*3-7,10H,1-2H3;1-6H2;1H4. The number of phenols is 2. The highest BCUT2D eigenvalue weighted by Gasteiger charge is 2.21. The monoisotopic (exact) mass is 400 g/mol. The molecule has 0 amide bonds. The summed E-state index contributed by atoms with van der Waals surface area (Å²) in [6.45, 7) is 16.2. The summed E-state index contributed by atoms with van der Waals surface area (Å²) in [5, 5.41) is 18.6. The number of para-hydroxylation sites is 2. The highest BCUT2D eigenvalue weighted by molar-refractivity contribution is 5.34. The van der Waals surface area contributed by atoms with E-state index in [0.29, 0.717) is 23.3 Å². The molecule has 0 spiro atoms. The van der Waals surface area contributed by atoms with E-state index in [2.05, 4.69) is 37.5 Å². The van der Waals surface area contributed by atoms with Gasteiger partial charge in [0.1, 0.15) is 11.5 Å². The third-order valence-corrected chi connectivity index (χ3v) is 5.31. The summed E-state index contributed by atoms with van der Waals surface area (Å²) in [6, 6.07) is 14.9. The van der Waals surface area contributed by atoms with Gasteiger partial charge in [-0.15, -0.1) is 0 Å². The second-order valence-corrected chi connectivity index (χ2v) is 8.11. The van der Waals surface area contributed by atoms with Gasteiger partial charge in [-0.25, -0.2) is 0 Å². The van der Waals surface area contributed by atoms with E-state index >= 15 is 0 Å². The molecule has 162 valence electrons. The maximum absolute atomic E-state index is 9.28. The van der Waals surface area contributed by atoms with E-state index in [1.807, 2.05) is 36.4 Å². The average molecular weight is 401 g/mol. The first-order valence-electron chi connectivity index (χ1n) is 10.4. The fourth-order valence-corrected chi connectivity index (χ4v) is 3.47. The maximum atomic E-state index is 9.28. The highest BCUT2D eigenvalue weighted by atomic mass is 16.3. The van der Waals surface area contributed by atoms with Crippen molar-refractivity contribution >= 4 is 0 Å². The zero-order chi connectivity index (χ0) is 20.5. The molecule has 2 N–H and O–H groups in total. The molecule has 3 saturated heterocycles. The first kappa shape index (κ1) is 25.0. The number of hydrogen-bond acceptors (Lipinski definition) is 4. The van der Waals surface area contributed by atoms with Crippen molar-refractivity contribution in [3.63, 3.8) is 0 Å². The largest absolute Gasteiger partial charge is 0.508 e. The van der Waals surface area contributed by atoms with Gasteiger partial charge in [-0.05, 0) is 35.1 Å². The van der Waals surface area contributed by atoms with Crippen LogP contribution in [0.25, 0.3) is 0 Å². The summed E-state index contributed by atoms with van der Waals surface area (Å²) in [5.41, 5.74) is 2.03. The van der Waals surface area contributed by atoms with Crippen molar-refractivity contribution in [2.24, 2.45) is 0 Å². The van der Waals surface area contributed by atoms with Crippen molar-refractivity contribution in [2.45, 2.75) is 47.0 Å². The number of phenolic OH excluding ortho intramolecular Hbond substituents is 2. The van der Waals surface area contributed by atoms with Crippen LogP contribution in [0.5, 0.6) is 11.5 Å². The predicted octanol–water partition coefficient (Wildman–Crippen LogP) is 5.28. The van der Waals surface area contributed by atoms with Crippen LogP contribution in [-0.4, -0.2) is 59.3 Å². The predicted molar refractivity (Wildman–Crippen MR) is 124 cm³/mol. The first-order valence-corrected chi connectivity index (χ1v) is 10.4. The van der Waals surface area contributed by atoms with Gasteiger partial charge in [0.15, 0.2) is 0 Å². The van der Waals surface area contributed by atoms with Crippen molar-refractivity contribution < 1.29 is 10.2 Å². The fourth-order valence-electron chi connectivity index (χ4n) is 3.47. The van der Waals surface area contributed by atoms with Gasteiger partial charge in [-0.3, -0.25) is 9.80 Å². The average Bonchev–Trinajstić information content (AvgIpc) is 2.71. The van der Waals surface area contributed by atoms with E-state index in [9.17, 15) is 10.2 Å². The van der Waals surface area contributed by atoms with Crippen molar-refractivity contribution in [1.82, 2.24) is 9.80 Å². The second kappa shape index (κ2) is 12.5. The zero-order valence-electron chi connectivity index (χ0n) is 17.8. The van der Waals surface area contributed by atoms with Crippen LogP contribution in [0.2, 0.25) is 0 Å². The molecule has 2 bridgehead atoms. The molecule has 3 heterocycles. The Morgan fingerprint density at radius 3 is 1.03 bits per heavy atom. The van der Waals surface area contributed by atoms with Gasteiger partial charge in [0.2, 0.25) is 0 Å². The summed E-state index contributed by atoms with van der Waals surface area (Å²) in [6.07, 6.45) is 0. The molecule has 3 fully saturated rings. The van der Waals surface area contributed by atoms with Crippen LogP contribution < -0.4 is 0 Å². The van der Waals surface area contributed by atoms with Crippen molar-refractivity contribution in [2.75, 3.05) is 39.3 Å². The molecule has 0 saturated carbocycles. The number of benzene rings is 2. The lowest BCUT2D eigenvalue weighted by atomic mass is 10.0. The minimum absolute atomic E-state index is 0. The quantitative estimate of drug-likeness (QED) is 0.719. The summed E-state index contributed by atoms with van der Waals surface area (Å²) < 4.78 is 0. The highest BCUT2D eigenvalue weighted by Crippen LogP contribution is 2.24.